The van der Waals surface area contributed by atoms with Crippen molar-refractivity contribution in [2.75, 3.05) is 7.11 Å². The second-order valence-electron chi connectivity index (χ2n) is 5.25. The van der Waals surface area contributed by atoms with Gasteiger partial charge in [-0.3, -0.25) is 9.59 Å². The summed E-state index contributed by atoms with van der Waals surface area (Å²) in [5.41, 5.74) is 3.49. The number of nitrogens with zero attached hydrogens (tertiary/aromatic N) is 1. The van der Waals surface area contributed by atoms with Crippen molar-refractivity contribution in [2.45, 2.75) is 13.0 Å². The van der Waals surface area contributed by atoms with Gasteiger partial charge >= 0.3 is 0 Å². The highest BCUT2D eigenvalue weighted by molar-refractivity contribution is 5.97. The number of hydrogen-bond acceptors (Lipinski definition) is 5. The van der Waals surface area contributed by atoms with Crippen LogP contribution in [0.5, 0.6) is 11.5 Å². The van der Waals surface area contributed by atoms with Crippen molar-refractivity contribution in [2.24, 2.45) is 5.10 Å². The van der Waals surface area contributed by atoms with Gasteiger partial charge in [-0.1, -0.05) is 0 Å². The van der Waals surface area contributed by atoms with E-state index in [-0.39, 0.29) is 11.7 Å². The highest BCUT2D eigenvalue weighted by atomic mass is 16.5. The second kappa shape index (κ2) is 8.49. The van der Waals surface area contributed by atoms with Gasteiger partial charge in [0.25, 0.3) is 11.8 Å². The van der Waals surface area contributed by atoms with Gasteiger partial charge in [0.1, 0.15) is 17.5 Å². The molecule has 7 nitrogen and oxygen atoms in total. The molecule has 2 rings (SSSR count). The molecule has 0 bridgehead atoms. The van der Waals surface area contributed by atoms with Gasteiger partial charge in [0, 0.05) is 5.56 Å². The van der Waals surface area contributed by atoms with Gasteiger partial charge in [0.05, 0.1) is 13.3 Å². The fourth-order valence-electron chi connectivity index (χ4n) is 1.92. The predicted octanol–water partition coefficient (Wildman–Crippen LogP) is 1.67. The third-order valence-electron chi connectivity index (χ3n) is 3.37. The lowest BCUT2D eigenvalue weighted by molar-refractivity contribution is -0.122. The number of carbonyl (C=O) groups is 2. The third-order valence-corrected chi connectivity index (χ3v) is 3.37. The Morgan fingerprint density at radius 1 is 1.12 bits per heavy atom. The third kappa shape index (κ3) is 5.35. The second-order valence-corrected chi connectivity index (χ2v) is 5.25. The van der Waals surface area contributed by atoms with Crippen molar-refractivity contribution in [3.63, 3.8) is 0 Å². The molecule has 0 radical (unpaired) electrons. The minimum absolute atomic E-state index is 0.149. The number of ether oxygens (including phenoxy) is 1. The number of aromatic hydroxyl groups is 1. The molecule has 25 heavy (non-hydrogen) atoms. The first-order chi connectivity index (χ1) is 12.0. The molecule has 1 unspecified atom stereocenters. The number of benzene rings is 2. The molecule has 0 aliphatic carbocycles. The molecular weight excluding hydrogens is 322 g/mol. The zero-order valence-corrected chi connectivity index (χ0v) is 13.9. The van der Waals surface area contributed by atoms with E-state index in [2.05, 4.69) is 15.8 Å². The number of hydrazone groups is 1. The molecule has 2 aromatic carbocycles. The Hall–Kier alpha value is -3.35. The van der Waals surface area contributed by atoms with Crippen LogP contribution in [-0.2, 0) is 4.79 Å². The van der Waals surface area contributed by atoms with Crippen LogP contribution in [0, 0.1) is 0 Å². The predicted molar refractivity (Wildman–Crippen MR) is 93.8 cm³/mol. The van der Waals surface area contributed by atoms with E-state index in [0.717, 1.165) is 0 Å². The number of methoxy groups -OCH3 is 1. The van der Waals surface area contributed by atoms with E-state index >= 15 is 0 Å². The van der Waals surface area contributed by atoms with Crippen LogP contribution in [0.1, 0.15) is 22.8 Å². The first-order valence-corrected chi connectivity index (χ1v) is 7.56. The lowest BCUT2D eigenvalue weighted by atomic mass is 10.2. The van der Waals surface area contributed by atoms with Gasteiger partial charge < -0.3 is 15.2 Å². The molecule has 0 saturated carbocycles. The molecular formula is C18H19N3O4. The molecule has 0 aliphatic rings. The van der Waals surface area contributed by atoms with Crippen molar-refractivity contribution >= 4 is 18.0 Å². The Morgan fingerprint density at radius 2 is 1.76 bits per heavy atom. The summed E-state index contributed by atoms with van der Waals surface area (Å²) in [6.45, 7) is 1.56. The summed E-state index contributed by atoms with van der Waals surface area (Å²) in [6.07, 6.45) is 1.44. The van der Waals surface area contributed by atoms with Gasteiger partial charge in [-0.05, 0) is 61.0 Å². The summed E-state index contributed by atoms with van der Waals surface area (Å²) in [7, 11) is 1.54. The molecule has 1 atom stereocenters. The summed E-state index contributed by atoms with van der Waals surface area (Å²) in [5.74, 6) is -0.0216. The minimum Gasteiger partial charge on any atom is -0.508 e. The number of carbonyl (C=O) groups excluding carboxylic acids is 2. The first kappa shape index (κ1) is 18.0. The maximum absolute atomic E-state index is 12.1. The Morgan fingerprint density at radius 3 is 2.36 bits per heavy atom. The largest absolute Gasteiger partial charge is 0.508 e. The first-order valence-electron chi connectivity index (χ1n) is 7.56. The lowest BCUT2D eigenvalue weighted by Crippen LogP contribution is -2.43. The zero-order chi connectivity index (χ0) is 18.2. The van der Waals surface area contributed by atoms with E-state index in [4.69, 9.17) is 4.74 Å². The maximum atomic E-state index is 12.1. The van der Waals surface area contributed by atoms with E-state index in [1.165, 1.54) is 18.3 Å². The van der Waals surface area contributed by atoms with E-state index in [1.54, 1.807) is 50.4 Å². The number of hydrogen-bond donors (Lipinski definition) is 3. The Balaban J connectivity index is 1.86. The molecule has 0 fully saturated rings. The van der Waals surface area contributed by atoms with Crippen LogP contribution in [0.25, 0.3) is 0 Å². The molecule has 2 aromatic rings. The summed E-state index contributed by atoms with van der Waals surface area (Å²) in [5, 5.41) is 15.6. The monoisotopic (exact) mass is 341 g/mol. The van der Waals surface area contributed by atoms with E-state index in [1.807, 2.05) is 0 Å². The minimum atomic E-state index is -0.758. The molecule has 130 valence electrons. The standard InChI is InChI=1S/C18H19N3O4/c1-12(20-18(24)14-5-9-16(25-2)10-6-14)17(23)21-19-11-13-3-7-15(22)8-4-13/h3-12,22H,1-2H3,(H,20,24)(H,21,23). The van der Waals surface area contributed by atoms with Gasteiger partial charge in [0.15, 0.2) is 0 Å². The van der Waals surface area contributed by atoms with Crippen LogP contribution in [0.3, 0.4) is 0 Å². The van der Waals surface area contributed by atoms with Crippen molar-refractivity contribution in [1.82, 2.24) is 10.7 Å². The molecule has 0 aliphatic heterocycles. The highest BCUT2D eigenvalue weighted by Crippen LogP contribution is 2.11. The Bertz CT molecular complexity index is 755. The van der Waals surface area contributed by atoms with Crippen LogP contribution < -0.4 is 15.5 Å². The Kier molecular flexibility index (Phi) is 6.11. The summed E-state index contributed by atoms with van der Waals surface area (Å²) in [6, 6.07) is 12.1. The summed E-state index contributed by atoms with van der Waals surface area (Å²) >= 11 is 0. The molecule has 0 saturated heterocycles. The lowest BCUT2D eigenvalue weighted by Gasteiger charge is -2.12. The van der Waals surface area contributed by atoms with Crippen LogP contribution in [-0.4, -0.2) is 36.3 Å². The normalized spacial score (nSPS) is 11.8. The van der Waals surface area contributed by atoms with E-state index in [0.29, 0.717) is 16.9 Å². The van der Waals surface area contributed by atoms with E-state index in [9.17, 15) is 14.7 Å². The van der Waals surface area contributed by atoms with Crippen LogP contribution >= 0.6 is 0 Å². The van der Waals surface area contributed by atoms with E-state index < -0.39 is 11.9 Å². The fraction of sp³-hybridized carbons (Fsp3) is 0.167. The number of phenolic OH excluding ortho intramolecular Hbond substituents is 1. The number of rotatable bonds is 6. The quantitative estimate of drug-likeness (QED) is 0.550. The van der Waals surface area contributed by atoms with Gasteiger partial charge in [-0.2, -0.15) is 5.10 Å². The smallest absolute Gasteiger partial charge is 0.262 e. The molecule has 2 amide bonds. The van der Waals surface area contributed by atoms with Gasteiger partial charge in [0.2, 0.25) is 0 Å². The summed E-state index contributed by atoms with van der Waals surface area (Å²) in [4.78, 5) is 24.0. The molecule has 3 N–H and O–H groups in total. The average Bonchev–Trinajstić information content (AvgIpc) is 2.63. The number of phenols is 1. The Labute approximate surface area is 145 Å². The van der Waals surface area contributed by atoms with Crippen molar-refractivity contribution in [1.29, 1.82) is 0 Å². The molecule has 0 heterocycles. The van der Waals surface area contributed by atoms with Crippen molar-refractivity contribution in [3.8, 4) is 11.5 Å². The maximum Gasteiger partial charge on any atom is 0.262 e. The molecule has 0 spiro atoms. The topological polar surface area (TPSA) is 100 Å². The highest BCUT2D eigenvalue weighted by Gasteiger charge is 2.16. The van der Waals surface area contributed by atoms with Crippen molar-refractivity contribution in [3.05, 3.63) is 59.7 Å². The number of nitrogens with one attached hydrogen (secondary N) is 2. The molecule has 7 heteroatoms. The van der Waals surface area contributed by atoms with Crippen molar-refractivity contribution < 1.29 is 19.4 Å². The van der Waals surface area contributed by atoms with Crippen LogP contribution in [0.2, 0.25) is 0 Å². The average molecular weight is 341 g/mol. The SMILES string of the molecule is COc1ccc(C(=O)NC(C)C(=O)NN=Cc2ccc(O)cc2)cc1. The summed E-state index contributed by atoms with van der Waals surface area (Å²) < 4.78 is 5.03. The fourth-order valence-corrected chi connectivity index (χ4v) is 1.92. The molecule has 0 aromatic heterocycles. The number of amides is 2. The van der Waals surface area contributed by atoms with Gasteiger partial charge in [-0.25, -0.2) is 5.43 Å². The van der Waals surface area contributed by atoms with Gasteiger partial charge in [-0.15, -0.1) is 0 Å². The van der Waals surface area contributed by atoms with Crippen LogP contribution in [0.4, 0.5) is 0 Å². The zero-order valence-electron chi connectivity index (χ0n) is 13.9. The van der Waals surface area contributed by atoms with Crippen LogP contribution in [0.15, 0.2) is 53.6 Å².